The Labute approximate surface area is 199 Å². The Morgan fingerprint density at radius 1 is 1.12 bits per heavy atom. The lowest BCUT2D eigenvalue weighted by molar-refractivity contribution is -0.132. The molecular formula is C24H20ClN5O2S. The predicted octanol–water partition coefficient (Wildman–Crippen LogP) is 3.86. The van der Waals surface area contributed by atoms with Crippen molar-refractivity contribution in [2.75, 3.05) is 12.3 Å². The van der Waals surface area contributed by atoms with Gasteiger partial charge in [-0.2, -0.15) is 5.10 Å². The van der Waals surface area contributed by atoms with E-state index in [2.05, 4.69) is 17.2 Å². The van der Waals surface area contributed by atoms with Crippen molar-refractivity contribution in [1.29, 1.82) is 0 Å². The molecule has 6 rings (SSSR count). The van der Waals surface area contributed by atoms with Crippen molar-refractivity contribution in [1.82, 2.24) is 24.2 Å². The van der Waals surface area contributed by atoms with Gasteiger partial charge in [-0.1, -0.05) is 47.6 Å². The molecule has 1 atom stereocenters. The highest BCUT2D eigenvalue weighted by atomic mass is 35.5. The number of carbonyl (C=O) groups excluding carboxylic acids is 1. The minimum atomic E-state index is -0.210. The third kappa shape index (κ3) is 3.54. The van der Waals surface area contributed by atoms with Crippen LogP contribution in [0.4, 0.5) is 0 Å². The lowest BCUT2D eigenvalue weighted by Gasteiger charge is -2.29. The number of aromatic nitrogens is 4. The molecule has 7 nitrogen and oxygen atoms in total. The van der Waals surface area contributed by atoms with E-state index in [4.69, 9.17) is 16.6 Å². The van der Waals surface area contributed by atoms with Crippen molar-refractivity contribution >= 4 is 40.3 Å². The van der Waals surface area contributed by atoms with Crippen molar-refractivity contribution < 1.29 is 4.79 Å². The predicted molar refractivity (Wildman–Crippen MR) is 128 cm³/mol. The maximum absolute atomic E-state index is 13.4. The Morgan fingerprint density at radius 3 is 2.73 bits per heavy atom. The molecular weight excluding hydrogens is 458 g/mol. The van der Waals surface area contributed by atoms with Gasteiger partial charge in [0.15, 0.2) is 10.8 Å². The lowest BCUT2D eigenvalue weighted by Crippen LogP contribution is -2.38. The van der Waals surface area contributed by atoms with E-state index in [1.807, 2.05) is 29.2 Å². The highest BCUT2D eigenvalue weighted by Gasteiger charge is 2.31. The van der Waals surface area contributed by atoms with Gasteiger partial charge in [0.25, 0.3) is 5.56 Å². The van der Waals surface area contributed by atoms with E-state index in [9.17, 15) is 9.59 Å². The third-order valence-corrected chi connectivity index (χ3v) is 7.69. The second kappa shape index (κ2) is 8.04. The number of amides is 1. The van der Waals surface area contributed by atoms with Crippen LogP contribution in [-0.2, 0) is 17.8 Å². The zero-order valence-corrected chi connectivity index (χ0v) is 19.2. The van der Waals surface area contributed by atoms with Crippen LogP contribution < -0.4 is 5.56 Å². The molecule has 0 aliphatic carbocycles. The monoisotopic (exact) mass is 477 g/mol. The topological polar surface area (TPSA) is 73.0 Å². The zero-order valence-electron chi connectivity index (χ0n) is 17.6. The molecule has 0 N–H and O–H groups in total. The molecule has 2 aliphatic heterocycles. The summed E-state index contributed by atoms with van der Waals surface area (Å²) in [5.41, 5.74) is 3.66. The number of nitrogens with zero attached hydrogens (tertiary/aromatic N) is 5. The number of thioether (sulfide) groups is 1. The number of carbonyl (C=O) groups is 1. The molecule has 9 heteroatoms. The molecule has 33 heavy (non-hydrogen) atoms. The van der Waals surface area contributed by atoms with Gasteiger partial charge in [0.1, 0.15) is 5.39 Å². The summed E-state index contributed by atoms with van der Waals surface area (Å²) >= 11 is 7.51. The van der Waals surface area contributed by atoms with Crippen LogP contribution >= 0.6 is 23.4 Å². The van der Waals surface area contributed by atoms with Crippen molar-refractivity contribution in [3.8, 4) is 5.69 Å². The van der Waals surface area contributed by atoms with E-state index in [1.165, 1.54) is 22.9 Å². The maximum atomic E-state index is 13.4. The minimum absolute atomic E-state index is 0.0757. The largest absolute Gasteiger partial charge is 0.338 e. The summed E-state index contributed by atoms with van der Waals surface area (Å²) in [6.07, 6.45) is 2.71. The molecule has 4 heterocycles. The number of halogens is 1. The summed E-state index contributed by atoms with van der Waals surface area (Å²) in [6, 6.07) is 15.3. The van der Waals surface area contributed by atoms with E-state index in [-0.39, 0.29) is 17.5 Å². The highest BCUT2D eigenvalue weighted by molar-refractivity contribution is 7.99. The van der Waals surface area contributed by atoms with Crippen molar-refractivity contribution in [2.24, 2.45) is 0 Å². The molecule has 0 spiro atoms. The van der Waals surface area contributed by atoms with Crippen LogP contribution in [0.3, 0.4) is 0 Å². The molecule has 0 radical (unpaired) electrons. The van der Waals surface area contributed by atoms with Crippen molar-refractivity contribution in [2.45, 2.75) is 30.6 Å². The second-order valence-corrected chi connectivity index (χ2v) is 9.77. The Bertz CT molecular complexity index is 1450. The first kappa shape index (κ1) is 20.5. The quantitative estimate of drug-likeness (QED) is 0.419. The molecule has 2 aliphatic rings. The van der Waals surface area contributed by atoms with Gasteiger partial charge in [-0.3, -0.25) is 14.2 Å². The number of hydrogen-bond acceptors (Lipinski definition) is 5. The fourth-order valence-electron chi connectivity index (χ4n) is 4.59. The summed E-state index contributed by atoms with van der Waals surface area (Å²) in [4.78, 5) is 33.1. The van der Waals surface area contributed by atoms with Crippen LogP contribution in [0.2, 0.25) is 5.02 Å². The highest BCUT2D eigenvalue weighted by Crippen LogP contribution is 2.34. The Morgan fingerprint density at radius 2 is 1.91 bits per heavy atom. The van der Waals surface area contributed by atoms with E-state index in [0.717, 1.165) is 12.1 Å². The summed E-state index contributed by atoms with van der Waals surface area (Å²) < 4.78 is 3.33. The standard InChI is InChI=1S/C24H20ClN5O2S/c25-17-5-7-18(8-6-17)30-22-20(12-26-30)23(32)29-19(14-33-24(29)27-22)11-21(31)28-10-9-15-3-1-2-4-16(15)13-28/h1-8,12,19H,9-11,13-14H2. The van der Waals surface area contributed by atoms with Gasteiger partial charge < -0.3 is 4.90 Å². The van der Waals surface area contributed by atoms with E-state index in [0.29, 0.717) is 46.5 Å². The molecule has 0 saturated heterocycles. The van der Waals surface area contributed by atoms with Crippen LogP contribution in [0.1, 0.15) is 23.6 Å². The average Bonchev–Trinajstić information content (AvgIpc) is 3.44. The molecule has 2 aromatic carbocycles. The van der Waals surface area contributed by atoms with Gasteiger partial charge in [0.2, 0.25) is 5.91 Å². The van der Waals surface area contributed by atoms with Crippen LogP contribution in [0.25, 0.3) is 16.7 Å². The first-order chi connectivity index (χ1) is 16.1. The Balaban J connectivity index is 1.28. The SMILES string of the molecule is O=C(CC1CSc2nc3c(cnn3-c3ccc(Cl)cc3)c(=O)n21)N1CCc2ccccc2C1. The normalized spacial score (nSPS) is 17.2. The molecule has 0 fully saturated rings. The van der Waals surface area contributed by atoms with Gasteiger partial charge in [-0.05, 0) is 41.8 Å². The van der Waals surface area contributed by atoms with Crippen LogP contribution in [0.5, 0.6) is 0 Å². The molecule has 2 aromatic heterocycles. The molecule has 4 aromatic rings. The smallest absolute Gasteiger partial charge is 0.265 e. The van der Waals surface area contributed by atoms with Gasteiger partial charge in [0.05, 0.1) is 17.9 Å². The summed E-state index contributed by atoms with van der Waals surface area (Å²) in [6.45, 7) is 1.34. The van der Waals surface area contributed by atoms with Crippen molar-refractivity contribution in [3.05, 3.63) is 81.2 Å². The van der Waals surface area contributed by atoms with E-state index < -0.39 is 0 Å². The summed E-state index contributed by atoms with van der Waals surface area (Å²) in [7, 11) is 0. The number of fused-ring (bicyclic) bond motifs is 3. The molecule has 1 unspecified atom stereocenters. The molecule has 0 saturated carbocycles. The summed E-state index contributed by atoms with van der Waals surface area (Å²) in [5, 5.41) is 6.09. The number of benzene rings is 2. The van der Waals surface area contributed by atoms with Crippen LogP contribution in [0, 0.1) is 0 Å². The molecule has 1 amide bonds. The van der Waals surface area contributed by atoms with Crippen LogP contribution in [-0.4, -0.2) is 42.4 Å². The Hall–Kier alpha value is -3.10. The van der Waals surface area contributed by atoms with Gasteiger partial charge in [-0.25, -0.2) is 9.67 Å². The van der Waals surface area contributed by atoms with Crippen LogP contribution in [0.15, 0.2) is 64.7 Å². The van der Waals surface area contributed by atoms with Gasteiger partial charge in [-0.15, -0.1) is 0 Å². The first-order valence-corrected chi connectivity index (χ1v) is 12.2. The fourth-order valence-corrected chi connectivity index (χ4v) is 5.85. The third-order valence-electron chi connectivity index (χ3n) is 6.34. The molecule has 0 bridgehead atoms. The lowest BCUT2D eigenvalue weighted by atomic mass is 9.99. The van der Waals surface area contributed by atoms with Crippen molar-refractivity contribution in [3.63, 3.8) is 0 Å². The maximum Gasteiger partial charge on any atom is 0.265 e. The molecule has 166 valence electrons. The van der Waals surface area contributed by atoms with Gasteiger partial charge in [0, 0.05) is 30.3 Å². The summed E-state index contributed by atoms with van der Waals surface area (Å²) in [5.74, 6) is 0.728. The first-order valence-electron chi connectivity index (χ1n) is 10.8. The second-order valence-electron chi connectivity index (χ2n) is 8.34. The number of rotatable bonds is 3. The average molecular weight is 478 g/mol. The Kier molecular flexibility index (Phi) is 4.99. The number of hydrogen-bond donors (Lipinski definition) is 0. The van der Waals surface area contributed by atoms with Gasteiger partial charge >= 0.3 is 0 Å². The zero-order chi connectivity index (χ0) is 22.5. The van der Waals surface area contributed by atoms with E-state index >= 15 is 0 Å². The van der Waals surface area contributed by atoms with E-state index in [1.54, 1.807) is 27.6 Å². The fraction of sp³-hybridized carbons (Fsp3) is 0.250. The minimum Gasteiger partial charge on any atom is -0.338 e.